The van der Waals surface area contributed by atoms with E-state index in [-0.39, 0.29) is 48.9 Å². The van der Waals surface area contributed by atoms with Gasteiger partial charge < -0.3 is 35.8 Å². The number of hydrogen-bond acceptors (Lipinski definition) is 7. The van der Waals surface area contributed by atoms with E-state index in [2.05, 4.69) is 26.2 Å². The maximum absolute atomic E-state index is 15.8. The second-order valence-corrected chi connectivity index (χ2v) is 14.4. The number of carbonyl (C=O) groups excluding carboxylic acids is 5. The zero-order valence-electron chi connectivity index (χ0n) is 29.1. The van der Waals surface area contributed by atoms with Gasteiger partial charge in [-0.3, -0.25) is 19.2 Å². The number of alkyl carbamates (subject to hydrolysis) is 1. The lowest BCUT2D eigenvalue weighted by molar-refractivity contribution is -0.139. The zero-order valence-corrected chi connectivity index (χ0v) is 29.1. The minimum Gasteiger partial charge on any atom is -0.450 e. The minimum atomic E-state index is -1.97. The fourth-order valence-corrected chi connectivity index (χ4v) is 6.74. The van der Waals surface area contributed by atoms with Crippen LogP contribution in [-0.2, 0) is 23.9 Å². The summed E-state index contributed by atoms with van der Waals surface area (Å²) in [6.07, 6.45) is 2.87. The number of rotatable bonds is 15. The summed E-state index contributed by atoms with van der Waals surface area (Å²) < 4.78 is 49.1. The van der Waals surface area contributed by atoms with Crippen molar-refractivity contribution in [3.05, 3.63) is 29.6 Å². The summed E-state index contributed by atoms with van der Waals surface area (Å²) in [6, 6.07) is 0.125. The highest BCUT2D eigenvalue weighted by molar-refractivity contribution is 5.99. The van der Waals surface area contributed by atoms with Crippen LogP contribution in [0.25, 0.3) is 0 Å². The van der Waals surface area contributed by atoms with Crippen molar-refractivity contribution in [1.29, 1.82) is 0 Å². The van der Waals surface area contributed by atoms with E-state index < -0.39 is 71.9 Å². The molecule has 12 nitrogen and oxygen atoms in total. The van der Waals surface area contributed by atoms with Gasteiger partial charge in [0.1, 0.15) is 30.6 Å². The van der Waals surface area contributed by atoms with Gasteiger partial charge >= 0.3 is 6.09 Å². The standard InChI is InChI=1S/C35H49F3N6O6/c1-5-50-34(49)40-26(17-36)30(45)41-28(32(47)44-15-14-43(4)19(2)18-44)20(3)23-10-11-25(24(37)16-23)39-31(46)29(42-33(48)35(38)12-13-35)27(21-6-7-21)22-8-9-22/h10-11,16,19-22,26-29H,5-9,12-15,17-18H2,1-4H3,(H,39,46)(H,40,49)(H,41,45)(H,42,48)/t19-,20+,26+,28-,29+/m1/s1. The monoisotopic (exact) mass is 706 g/mol. The largest absolute Gasteiger partial charge is 0.450 e. The quantitative estimate of drug-likeness (QED) is 0.219. The Balaban J connectivity index is 1.34. The average Bonchev–Trinajstić information content (AvgIpc) is 3.93. The van der Waals surface area contributed by atoms with E-state index in [4.69, 9.17) is 4.74 Å². The number of amides is 5. The first kappa shape index (κ1) is 37.4. The second-order valence-electron chi connectivity index (χ2n) is 14.4. The summed E-state index contributed by atoms with van der Waals surface area (Å²) in [5.41, 5.74) is -1.82. The van der Waals surface area contributed by atoms with Crippen molar-refractivity contribution in [1.82, 2.24) is 25.8 Å². The van der Waals surface area contributed by atoms with Crippen LogP contribution in [0.1, 0.15) is 70.8 Å². The summed E-state index contributed by atoms with van der Waals surface area (Å²) in [4.78, 5) is 69.1. The Hall–Kier alpha value is -3.88. The van der Waals surface area contributed by atoms with E-state index >= 15 is 4.39 Å². The van der Waals surface area contributed by atoms with Crippen molar-refractivity contribution in [2.75, 3.05) is 45.3 Å². The Kier molecular flexibility index (Phi) is 11.6. The predicted molar refractivity (Wildman–Crippen MR) is 178 cm³/mol. The number of hydrogen-bond donors (Lipinski definition) is 4. The fraction of sp³-hybridized carbons (Fsp3) is 0.686. The Labute approximate surface area is 290 Å². The fourth-order valence-electron chi connectivity index (χ4n) is 6.74. The van der Waals surface area contributed by atoms with E-state index in [9.17, 15) is 32.8 Å². The number of likely N-dealkylation sites (N-methyl/N-ethyl adjacent to an activating group) is 1. The van der Waals surface area contributed by atoms with E-state index in [0.29, 0.717) is 25.2 Å². The van der Waals surface area contributed by atoms with Crippen LogP contribution in [0.2, 0.25) is 0 Å². The molecule has 1 aromatic rings. The molecule has 50 heavy (non-hydrogen) atoms. The molecule has 0 radical (unpaired) electrons. The van der Waals surface area contributed by atoms with Crippen molar-refractivity contribution in [2.45, 2.75) is 95.1 Å². The van der Waals surface area contributed by atoms with Gasteiger partial charge in [0.25, 0.3) is 5.91 Å². The highest BCUT2D eigenvalue weighted by atomic mass is 19.1. The van der Waals surface area contributed by atoms with Crippen LogP contribution in [0.15, 0.2) is 18.2 Å². The van der Waals surface area contributed by atoms with Gasteiger partial charge in [-0.05, 0) is 94.9 Å². The number of piperazine rings is 1. The van der Waals surface area contributed by atoms with Crippen molar-refractivity contribution >= 4 is 35.4 Å². The third-order valence-corrected chi connectivity index (χ3v) is 10.5. The van der Waals surface area contributed by atoms with Gasteiger partial charge in [-0.15, -0.1) is 0 Å². The average molecular weight is 707 g/mol. The molecule has 5 amide bonds. The van der Waals surface area contributed by atoms with Crippen LogP contribution in [-0.4, -0.2) is 109 Å². The first-order valence-electron chi connectivity index (χ1n) is 17.6. The van der Waals surface area contributed by atoms with Gasteiger partial charge in [0.2, 0.25) is 17.7 Å². The number of alkyl halides is 2. The smallest absolute Gasteiger partial charge is 0.407 e. The van der Waals surface area contributed by atoms with Gasteiger partial charge in [-0.25, -0.2) is 18.0 Å². The molecular weight excluding hydrogens is 657 g/mol. The molecule has 3 saturated carbocycles. The van der Waals surface area contributed by atoms with Crippen LogP contribution >= 0.6 is 0 Å². The molecule has 15 heteroatoms. The van der Waals surface area contributed by atoms with Crippen molar-refractivity contribution in [3.63, 3.8) is 0 Å². The molecule has 3 aliphatic carbocycles. The van der Waals surface area contributed by atoms with Crippen LogP contribution in [0, 0.1) is 23.6 Å². The maximum Gasteiger partial charge on any atom is 0.407 e. The predicted octanol–water partition coefficient (Wildman–Crippen LogP) is 3.02. The van der Waals surface area contributed by atoms with E-state index in [1.807, 2.05) is 14.0 Å². The highest BCUT2D eigenvalue weighted by Gasteiger charge is 2.54. The lowest BCUT2D eigenvalue weighted by atomic mass is 9.88. The first-order valence-corrected chi connectivity index (χ1v) is 17.6. The van der Waals surface area contributed by atoms with Gasteiger partial charge in [0, 0.05) is 31.6 Å². The van der Waals surface area contributed by atoms with Crippen molar-refractivity contribution in [2.24, 2.45) is 17.8 Å². The maximum atomic E-state index is 15.8. The first-order chi connectivity index (χ1) is 23.8. The number of nitrogens with zero attached hydrogens (tertiary/aromatic N) is 2. The molecule has 276 valence electrons. The molecule has 0 aromatic heterocycles. The number of ether oxygens (including phenoxy) is 1. The molecule has 1 saturated heterocycles. The molecule has 0 unspecified atom stereocenters. The Morgan fingerprint density at radius 1 is 0.980 bits per heavy atom. The Bertz CT molecular complexity index is 1440. The molecule has 1 heterocycles. The number of nitrogens with one attached hydrogen (secondary N) is 4. The SMILES string of the molecule is CCOC(=O)N[C@@H](CF)C(=O)N[C@@H](C(=O)N1CCN(C)[C@H](C)C1)[C@@H](C)c1ccc(NC(=O)[C@@H](NC(=O)C2(F)CC2)C(C2CC2)C2CC2)c(F)c1. The normalized spacial score (nSPS) is 22.5. The summed E-state index contributed by atoms with van der Waals surface area (Å²) >= 11 is 0. The molecule has 0 bridgehead atoms. The van der Waals surface area contributed by atoms with Crippen LogP contribution < -0.4 is 21.3 Å². The lowest BCUT2D eigenvalue weighted by Gasteiger charge is -2.40. The van der Waals surface area contributed by atoms with Gasteiger partial charge in [0.05, 0.1) is 12.3 Å². The molecule has 0 spiro atoms. The second kappa shape index (κ2) is 15.6. The van der Waals surface area contributed by atoms with E-state index in [1.54, 1.807) is 18.7 Å². The van der Waals surface area contributed by atoms with Gasteiger partial charge in [-0.2, -0.15) is 0 Å². The number of benzene rings is 1. The Morgan fingerprint density at radius 2 is 1.64 bits per heavy atom. The molecular formula is C35H49F3N6O6. The van der Waals surface area contributed by atoms with Crippen LogP contribution in [0.4, 0.5) is 23.7 Å². The van der Waals surface area contributed by atoms with E-state index in [0.717, 1.165) is 31.7 Å². The summed E-state index contributed by atoms with van der Waals surface area (Å²) in [5, 5.41) is 9.99. The molecule has 5 rings (SSSR count). The molecule has 1 aromatic carbocycles. The molecule has 4 aliphatic rings. The van der Waals surface area contributed by atoms with Gasteiger partial charge in [-0.1, -0.05) is 13.0 Å². The van der Waals surface area contributed by atoms with Crippen LogP contribution in [0.3, 0.4) is 0 Å². The number of carbonyl (C=O) groups is 5. The van der Waals surface area contributed by atoms with Crippen molar-refractivity contribution < 1.29 is 41.9 Å². The summed E-state index contributed by atoms with van der Waals surface area (Å²) in [6.45, 7) is 5.19. The topological polar surface area (TPSA) is 149 Å². The summed E-state index contributed by atoms with van der Waals surface area (Å²) in [5.74, 6) is -4.18. The third-order valence-electron chi connectivity index (χ3n) is 10.5. The molecule has 5 atom stereocenters. The molecule has 4 fully saturated rings. The van der Waals surface area contributed by atoms with E-state index in [1.165, 1.54) is 12.1 Å². The van der Waals surface area contributed by atoms with Crippen molar-refractivity contribution in [3.8, 4) is 0 Å². The zero-order chi connectivity index (χ0) is 36.3. The molecule has 1 aliphatic heterocycles. The Morgan fingerprint density at radius 3 is 2.18 bits per heavy atom. The number of halogens is 3. The highest BCUT2D eigenvalue weighted by Crippen LogP contribution is 2.51. The lowest BCUT2D eigenvalue weighted by Crippen LogP contribution is -2.60. The van der Waals surface area contributed by atoms with Crippen LogP contribution in [0.5, 0.6) is 0 Å². The number of anilines is 1. The minimum absolute atomic E-state index is 0.00341. The summed E-state index contributed by atoms with van der Waals surface area (Å²) in [7, 11) is 1.93. The third kappa shape index (κ3) is 8.88. The molecule has 4 N–H and O–H groups in total. The van der Waals surface area contributed by atoms with Gasteiger partial charge in [0.15, 0.2) is 5.67 Å².